The molecule has 1 heterocycles. The van der Waals surface area contributed by atoms with Crippen LogP contribution in [0.25, 0.3) is 0 Å². The lowest BCUT2D eigenvalue weighted by Gasteiger charge is -2.32. The van der Waals surface area contributed by atoms with Gasteiger partial charge in [0.05, 0.1) is 5.60 Å². The van der Waals surface area contributed by atoms with E-state index in [9.17, 15) is 5.11 Å². The summed E-state index contributed by atoms with van der Waals surface area (Å²) < 4.78 is 0. The lowest BCUT2D eigenvalue weighted by Crippen LogP contribution is -2.32. The summed E-state index contributed by atoms with van der Waals surface area (Å²) in [6, 6.07) is 0. The molecule has 1 atom stereocenters. The van der Waals surface area contributed by atoms with E-state index in [0.29, 0.717) is 0 Å². The van der Waals surface area contributed by atoms with E-state index in [1.165, 1.54) is 12.7 Å². The van der Waals surface area contributed by atoms with Gasteiger partial charge in [-0.3, -0.25) is 0 Å². The van der Waals surface area contributed by atoms with Crippen molar-refractivity contribution in [1.29, 1.82) is 0 Å². The molecule has 0 saturated carbocycles. The van der Waals surface area contributed by atoms with E-state index in [1.807, 2.05) is 13.8 Å². The maximum absolute atomic E-state index is 10.7. The fourth-order valence-corrected chi connectivity index (χ4v) is 1.93. The maximum Gasteiger partial charge on any atom is 0.115 e. The van der Waals surface area contributed by atoms with Gasteiger partial charge in [-0.1, -0.05) is 40.0 Å². The Hall–Kier alpha value is -0.960. The van der Waals surface area contributed by atoms with Crippen molar-refractivity contribution < 1.29 is 5.11 Å². The Morgan fingerprint density at radius 2 is 1.88 bits per heavy atom. The van der Waals surface area contributed by atoms with E-state index in [2.05, 4.69) is 16.9 Å². The van der Waals surface area contributed by atoms with Gasteiger partial charge in [-0.25, -0.2) is 9.97 Å². The van der Waals surface area contributed by atoms with E-state index >= 15 is 0 Å². The predicted molar refractivity (Wildman–Crippen MR) is 64.9 cm³/mol. The smallest absolute Gasteiger partial charge is 0.115 e. The highest BCUT2D eigenvalue weighted by Gasteiger charge is 2.32. The molecule has 0 aromatic carbocycles. The number of rotatable bonds is 6. The molecule has 16 heavy (non-hydrogen) atoms. The van der Waals surface area contributed by atoms with Crippen LogP contribution in [0.1, 0.15) is 52.0 Å². The van der Waals surface area contributed by atoms with E-state index in [1.54, 1.807) is 12.4 Å². The summed E-state index contributed by atoms with van der Waals surface area (Å²) in [5, 5.41) is 10.7. The van der Waals surface area contributed by atoms with Crippen molar-refractivity contribution in [2.45, 2.75) is 52.1 Å². The molecule has 0 bridgehead atoms. The minimum Gasteiger partial charge on any atom is -0.385 e. The lowest BCUT2D eigenvalue weighted by atomic mass is 9.80. The molecular formula is C13H22N2O. The fraction of sp³-hybridized carbons (Fsp3) is 0.692. The molecule has 90 valence electrons. The van der Waals surface area contributed by atoms with Crippen molar-refractivity contribution in [3.8, 4) is 0 Å². The van der Waals surface area contributed by atoms with Crippen molar-refractivity contribution in [2.75, 3.05) is 0 Å². The van der Waals surface area contributed by atoms with Gasteiger partial charge in [0.2, 0.25) is 0 Å². The van der Waals surface area contributed by atoms with Gasteiger partial charge in [0.25, 0.3) is 0 Å². The van der Waals surface area contributed by atoms with Gasteiger partial charge in [-0.2, -0.15) is 0 Å². The van der Waals surface area contributed by atoms with Gasteiger partial charge in [0.15, 0.2) is 0 Å². The van der Waals surface area contributed by atoms with Crippen LogP contribution in [0.2, 0.25) is 0 Å². The minimum absolute atomic E-state index is 0.176. The molecule has 1 rings (SSSR count). The summed E-state index contributed by atoms with van der Waals surface area (Å²) in [5.74, 6) is 0.176. The van der Waals surface area contributed by atoms with Crippen molar-refractivity contribution in [3.05, 3.63) is 24.3 Å². The highest BCUT2D eigenvalue weighted by Crippen LogP contribution is 2.33. The van der Waals surface area contributed by atoms with Crippen molar-refractivity contribution in [1.82, 2.24) is 9.97 Å². The molecule has 1 N–H and O–H groups in total. The van der Waals surface area contributed by atoms with Gasteiger partial charge in [0.1, 0.15) is 6.33 Å². The lowest BCUT2D eigenvalue weighted by molar-refractivity contribution is -0.0212. The van der Waals surface area contributed by atoms with E-state index in [4.69, 9.17) is 0 Å². The third kappa shape index (κ3) is 3.01. The van der Waals surface area contributed by atoms with Crippen LogP contribution in [0.4, 0.5) is 0 Å². The average Bonchev–Trinajstić information content (AvgIpc) is 2.30. The fourth-order valence-electron chi connectivity index (χ4n) is 1.93. The molecule has 0 saturated heterocycles. The largest absolute Gasteiger partial charge is 0.385 e. The molecule has 1 aromatic rings. The number of unbranched alkanes of at least 4 members (excludes halogenated alkanes) is 2. The van der Waals surface area contributed by atoms with Gasteiger partial charge in [-0.15, -0.1) is 0 Å². The summed E-state index contributed by atoms with van der Waals surface area (Å²) in [4.78, 5) is 7.98. The Morgan fingerprint density at radius 1 is 1.25 bits per heavy atom. The Kier molecular flexibility index (Phi) is 4.87. The molecule has 1 aromatic heterocycles. The van der Waals surface area contributed by atoms with Crippen LogP contribution in [0, 0.1) is 5.92 Å². The molecule has 0 aliphatic heterocycles. The van der Waals surface area contributed by atoms with E-state index < -0.39 is 5.60 Å². The SMILES string of the molecule is CCCCCC(O)(c1cncnc1)C(C)C. The Balaban J connectivity index is 2.80. The molecular weight excluding hydrogens is 200 g/mol. The zero-order valence-corrected chi connectivity index (χ0v) is 10.5. The van der Waals surface area contributed by atoms with Gasteiger partial charge in [-0.05, 0) is 12.3 Å². The molecule has 3 nitrogen and oxygen atoms in total. The molecule has 0 aliphatic carbocycles. The first kappa shape index (κ1) is 13.1. The third-order valence-electron chi connectivity index (χ3n) is 3.18. The monoisotopic (exact) mass is 222 g/mol. The number of hydrogen-bond donors (Lipinski definition) is 1. The van der Waals surface area contributed by atoms with Gasteiger partial charge in [0, 0.05) is 18.0 Å². The first-order valence-corrected chi connectivity index (χ1v) is 6.09. The third-order valence-corrected chi connectivity index (χ3v) is 3.18. The molecule has 3 heteroatoms. The van der Waals surface area contributed by atoms with Crippen molar-refractivity contribution in [2.24, 2.45) is 5.92 Å². The van der Waals surface area contributed by atoms with Crippen LogP contribution in [-0.2, 0) is 5.60 Å². The second-order valence-corrected chi connectivity index (χ2v) is 4.66. The topological polar surface area (TPSA) is 46.0 Å². The predicted octanol–water partition coefficient (Wildman–Crippen LogP) is 2.90. The second kappa shape index (κ2) is 5.94. The molecule has 0 spiro atoms. The Morgan fingerprint density at radius 3 is 2.38 bits per heavy atom. The minimum atomic E-state index is -0.781. The molecule has 0 fully saturated rings. The van der Waals surface area contributed by atoms with Crippen molar-refractivity contribution in [3.63, 3.8) is 0 Å². The number of aromatic nitrogens is 2. The van der Waals surface area contributed by atoms with Crippen LogP contribution in [0.5, 0.6) is 0 Å². The van der Waals surface area contributed by atoms with Gasteiger partial charge >= 0.3 is 0 Å². The normalized spacial score (nSPS) is 15.1. The first-order valence-electron chi connectivity index (χ1n) is 6.09. The molecule has 0 amide bonds. The van der Waals surface area contributed by atoms with Crippen molar-refractivity contribution >= 4 is 0 Å². The Labute approximate surface area is 97.9 Å². The van der Waals surface area contributed by atoms with Crippen LogP contribution < -0.4 is 0 Å². The summed E-state index contributed by atoms with van der Waals surface area (Å²) in [7, 11) is 0. The quantitative estimate of drug-likeness (QED) is 0.753. The van der Waals surface area contributed by atoms with Crippen LogP contribution in [-0.4, -0.2) is 15.1 Å². The molecule has 0 radical (unpaired) electrons. The summed E-state index contributed by atoms with van der Waals surface area (Å²) in [5.41, 5.74) is 0.0530. The Bertz CT molecular complexity index is 300. The van der Waals surface area contributed by atoms with Crippen LogP contribution in [0.15, 0.2) is 18.7 Å². The summed E-state index contributed by atoms with van der Waals surface area (Å²) >= 11 is 0. The zero-order valence-electron chi connectivity index (χ0n) is 10.5. The van der Waals surface area contributed by atoms with E-state index in [-0.39, 0.29) is 5.92 Å². The zero-order chi connectivity index (χ0) is 12.0. The maximum atomic E-state index is 10.7. The van der Waals surface area contributed by atoms with Crippen LogP contribution in [0.3, 0.4) is 0 Å². The van der Waals surface area contributed by atoms with Gasteiger partial charge < -0.3 is 5.11 Å². The highest BCUT2D eigenvalue weighted by molar-refractivity contribution is 5.15. The summed E-state index contributed by atoms with van der Waals surface area (Å²) in [6.07, 6.45) is 9.09. The number of nitrogens with zero attached hydrogens (tertiary/aromatic N) is 2. The standard InChI is InChI=1S/C13H22N2O/c1-4-5-6-7-13(16,11(2)3)12-8-14-10-15-9-12/h8-11,16H,4-7H2,1-3H3. The highest BCUT2D eigenvalue weighted by atomic mass is 16.3. The second-order valence-electron chi connectivity index (χ2n) is 4.66. The van der Waals surface area contributed by atoms with E-state index in [0.717, 1.165) is 24.8 Å². The summed E-state index contributed by atoms with van der Waals surface area (Å²) in [6.45, 7) is 6.25. The number of aliphatic hydroxyl groups is 1. The molecule has 1 unspecified atom stereocenters. The average molecular weight is 222 g/mol. The van der Waals surface area contributed by atoms with Crippen LogP contribution >= 0.6 is 0 Å². The number of hydrogen-bond acceptors (Lipinski definition) is 3. The molecule has 0 aliphatic rings. The first-order chi connectivity index (χ1) is 7.61.